The smallest absolute Gasteiger partial charge is 0.282 e. The lowest BCUT2D eigenvalue weighted by Crippen LogP contribution is -2.57. The zero-order chi connectivity index (χ0) is 15.5. The van der Waals surface area contributed by atoms with Crippen LogP contribution in [-0.4, -0.2) is 73.1 Å². The molecule has 1 heterocycles. The predicted molar refractivity (Wildman–Crippen MR) is 81.0 cm³/mol. The van der Waals surface area contributed by atoms with Gasteiger partial charge >= 0.3 is 0 Å². The summed E-state index contributed by atoms with van der Waals surface area (Å²) in [6.45, 7) is 7.83. The third-order valence-corrected chi connectivity index (χ3v) is 6.04. The zero-order valence-electron chi connectivity index (χ0n) is 12.8. The Morgan fingerprint density at radius 1 is 1.30 bits per heavy atom. The van der Waals surface area contributed by atoms with Crippen molar-refractivity contribution in [3.05, 3.63) is 0 Å². The van der Waals surface area contributed by atoms with Crippen LogP contribution in [0.15, 0.2) is 0 Å². The average Bonchev–Trinajstić information content (AvgIpc) is 2.38. The second kappa shape index (κ2) is 6.84. The Morgan fingerprint density at radius 2 is 1.80 bits per heavy atom. The van der Waals surface area contributed by atoms with Crippen LogP contribution in [0.1, 0.15) is 27.2 Å². The van der Waals surface area contributed by atoms with Gasteiger partial charge in [-0.25, -0.2) is 0 Å². The van der Waals surface area contributed by atoms with E-state index in [4.69, 9.17) is 11.1 Å². The van der Waals surface area contributed by atoms with E-state index in [2.05, 4.69) is 4.90 Å². The van der Waals surface area contributed by atoms with Gasteiger partial charge in [0.05, 0.1) is 6.04 Å². The minimum absolute atomic E-state index is 0.0568. The van der Waals surface area contributed by atoms with E-state index in [1.807, 2.05) is 20.8 Å². The molecule has 0 aromatic heterocycles. The van der Waals surface area contributed by atoms with E-state index in [-0.39, 0.29) is 17.9 Å². The van der Waals surface area contributed by atoms with Gasteiger partial charge in [0.25, 0.3) is 10.2 Å². The Kier molecular flexibility index (Phi) is 5.93. The summed E-state index contributed by atoms with van der Waals surface area (Å²) in [6.07, 6.45) is 0.772. The molecule has 7 nitrogen and oxygen atoms in total. The molecular formula is C12H27N5O2S. The lowest BCUT2D eigenvalue weighted by atomic mass is 10.1. The Labute approximate surface area is 122 Å². The van der Waals surface area contributed by atoms with Gasteiger partial charge in [0.2, 0.25) is 0 Å². The molecule has 1 atom stereocenters. The Bertz CT molecular complexity index is 429. The van der Waals surface area contributed by atoms with Crippen molar-refractivity contribution < 1.29 is 8.42 Å². The maximum atomic E-state index is 12.4. The summed E-state index contributed by atoms with van der Waals surface area (Å²) >= 11 is 0. The molecule has 8 heteroatoms. The molecule has 0 aromatic rings. The number of hydrogen-bond acceptors (Lipinski definition) is 4. The van der Waals surface area contributed by atoms with E-state index in [1.54, 1.807) is 7.05 Å². The van der Waals surface area contributed by atoms with Crippen LogP contribution < -0.4 is 5.73 Å². The topological polar surface area (TPSA) is 93.7 Å². The maximum absolute atomic E-state index is 12.4. The molecule has 0 bridgehead atoms. The van der Waals surface area contributed by atoms with Gasteiger partial charge in [-0.2, -0.15) is 17.0 Å². The van der Waals surface area contributed by atoms with Gasteiger partial charge < -0.3 is 5.73 Å². The summed E-state index contributed by atoms with van der Waals surface area (Å²) < 4.78 is 27.7. The first-order valence-corrected chi connectivity index (χ1v) is 8.42. The van der Waals surface area contributed by atoms with E-state index < -0.39 is 10.2 Å². The monoisotopic (exact) mass is 305 g/mol. The Balaban J connectivity index is 2.69. The number of hydrogen-bond donors (Lipinski definition) is 2. The van der Waals surface area contributed by atoms with Gasteiger partial charge in [0, 0.05) is 39.3 Å². The first-order valence-electron chi connectivity index (χ1n) is 7.02. The van der Waals surface area contributed by atoms with Gasteiger partial charge in [0.15, 0.2) is 0 Å². The highest BCUT2D eigenvalue weighted by atomic mass is 32.2. The quantitative estimate of drug-likeness (QED) is 0.529. The van der Waals surface area contributed by atoms with Gasteiger partial charge in [0.1, 0.15) is 5.84 Å². The van der Waals surface area contributed by atoms with Crippen molar-refractivity contribution in [2.45, 2.75) is 39.3 Å². The second-order valence-electron chi connectivity index (χ2n) is 5.43. The van der Waals surface area contributed by atoms with Crippen LogP contribution in [0, 0.1) is 5.41 Å². The number of piperazine rings is 1. The molecule has 20 heavy (non-hydrogen) atoms. The van der Waals surface area contributed by atoms with E-state index >= 15 is 0 Å². The molecule has 0 saturated carbocycles. The van der Waals surface area contributed by atoms with Crippen LogP contribution in [0.25, 0.3) is 0 Å². The van der Waals surface area contributed by atoms with E-state index in [1.165, 1.54) is 8.61 Å². The number of nitrogens with zero attached hydrogens (tertiary/aromatic N) is 3. The second-order valence-corrected chi connectivity index (χ2v) is 7.42. The highest BCUT2D eigenvalue weighted by Crippen LogP contribution is 2.15. The highest BCUT2D eigenvalue weighted by molar-refractivity contribution is 7.86. The summed E-state index contributed by atoms with van der Waals surface area (Å²) in [7, 11) is -1.77. The van der Waals surface area contributed by atoms with Crippen molar-refractivity contribution in [3.8, 4) is 0 Å². The van der Waals surface area contributed by atoms with Gasteiger partial charge in [-0.1, -0.05) is 6.92 Å². The third kappa shape index (κ3) is 3.69. The minimum Gasteiger partial charge on any atom is -0.386 e. The van der Waals surface area contributed by atoms with Crippen molar-refractivity contribution in [3.63, 3.8) is 0 Å². The van der Waals surface area contributed by atoms with Crippen LogP contribution in [0.2, 0.25) is 0 Å². The average molecular weight is 305 g/mol. The third-order valence-electron chi connectivity index (χ3n) is 3.88. The van der Waals surface area contributed by atoms with Crippen LogP contribution in [0.3, 0.4) is 0 Å². The maximum Gasteiger partial charge on any atom is 0.282 e. The number of amidine groups is 1. The van der Waals surface area contributed by atoms with Crippen LogP contribution in [0.5, 0.6) is 0 Å². The predicted octanol–water partition coefficient (Wildman–Crippen LogP) is -0.0964. The van der Waals surface area contributed by atoms with Crippen LogP contribution in [-0.2, 0) is 10.2 Å². The van der Waals surface area contributed by atoms with Crippen molar-refractivity contribution in [2.24, 2.45) is 5.73 Å². The minimum atomic E-state index is -3.38. The standard InChI is InChI=1S/C12H27N5O2S/c1-5-11(12(13)14)16-6-8-17(9-7-16)20(18,19)15(4)10(2)3/h10-11H,5-9H2,1-4H3,(H3,13,14). The first-order chi connectivity index (χ1) is 9.21. The summed E-state index contributed by atoms with van der Waals surface area (Å²) in [6, 6.07) is -0.138. The molecule has 1 rings (SSSR count). The molecule has 1 fully saturated rings. The molecule has 0 aliphatic carbocycles. The SMILES string of the molecule is CCC(C(=N)N)N1CCN(S(=O)(=O)N(C)C(C)C)CC1. The molecule has 0 amide bonds. The molecule has 1 saturated heterocycles. The van der Waals surface area contributed by atoms with Crippen molar-refractivity contribution in [2.75, 3.05) is 33.2 Å². The van der Waals surface area contributed by atoms with E-state index in [0.717, 1.165) is 6.42 Å². The molecule has 0 spiro atoms. The summed E-state index contributed by atoms with van der Waals surface area (Å²) in [4.78, 5) is 2.09. The fraction of sp³-hybridized carbons (Fsp3) is 0.917. The van der Waals surface area contributed by atoms with Crippen LogP contribution >= 0.6 is 0 Å². The molecular weight excluding hydrogens is 278 g/mol. The van der Waals surface area contributed by atoms with Crippen LogP contribution in [0.4, 0.5) is 0 Å². The van der Waals surface area contributed by atoms with Gasteiger partial charge in [-0.05, 0) is 20.3 Å². The normalized spacial score (nSPS) is 20.5. The number of rotatable bonds is 6. The zero-order valence-corrected chi connectivity index (χ0v) is 13.7. The van der Waals surface area contributed by atoms with E-state index in [0.29, 0.717) is 26.2 Å². The lowest BCUT2D eigenvalue weighted by Gasteiger charge is -2.39. The largest absolute Gasteiger partial charge is 0.386 e. The highest BCUT2D eigenvalue weighted by Gasteiger charge is 2.33. The summed E-state index contributed by atoms with van der Waals surface area (Å²) in [5.41, 5.74) is 5.59. The summed E-state index contributed by atoms with van der Waals surface area (Å²) in [5.74, 6) is 0.156. The molecule has 0 radical (unpaired) electrons. The molecule has 3 N–H and O–H groups in total. The van der Waals surface area contributed by atoms with Gasteiger partial charge in [-0.3, -0.25) is 10.3 Å². The Hall–Kier alpha value is -0.700. The van der Waals surface area contributed by atoms with Crippen molar-refractivity contribution in [1.82, 2.24) is 13.5 Å². The Morgan fingerprint density at radius 3 is 2.15 bits per heavy atom. The first kappa shape index (κ1) is 17.4. The van der Waals surface area contributed by atoms with E-state index in [9.17, 15) is 8.42 Å². The molecule has 118 valence electrons. The molecule has 1 aliphatic heterocycles. The fourth-order valence-corrected chi connectivity index (χ4v) is 3.89. The molecule has 1 aliphatic rings. The number of nitrogens with two attached hydrogens (primary N) is 1. The molecule has 0 aromatic carbocycles. The van der Waals surface area contributed by atoms with Crippen molar-refractivity contribution >= 4 is 16.0 Å². The van der Waals surface area contributed by atoms with Gasteiger partial charge in [-0.15, -0.1) is 0 Å². The number of nitrogens with one attached hydrogen (secondary N) is 1. The summed E-state index contributed by atoms with van der Waals surface area (Å²) in [5, 5.41) is 7.58. The van der Waals surface area contributed by atoms with Crippen molar-refractivity contribution in [1.29, 1.82) is 5.41 Å². The molecule has 1 unspecified atom stereocenters. The fourth-order valence-electron chi connectivity index (χ4n) is 2.37. The lowest BCUT2D eigenvalue weighted by molar-refractivity contribution is 0.158.